The first-order valence-electron chi connectivity index (χ1n) is 47.2. The number of imide groups is 1. The molecule has 16 rings (SSSR count). The molecule has 12 aromatic rings. The predicted molar refractivity (Wildman–Crippen MR) is 533 cm³/mol. The third kappa shape index (κ3) is 23.5. The van der Waals surface area contributed by atoms with Gasteiger partial charge in [-0.25, -0.2) is 15.0 Å². The minimum atomic E-state index is -0.287. The van der Waals surface area contributed by atoms with E-state index in [1.165, 1.54) is 29.2 Å². The number of hydrogen-bond donors (Lipinski definition) is 4. The maximum absolute atomic E-state index is 14.0. The number of allylic oxidation sites excluding steroid dienone is 1. The zero-order chi connectivity index (χ0) is 94.8. The molecular weight excluding hydrogens is 1680 g/mol. The molecule has 134 heavy (non-hydrogen) atoms. The van der Waals surface area contributed by atoms with E-state index in [2.05, 4.69) is 144 Å². The Morgan fingerprint density at radius 2 is 0.731 bits per heavy atom. The van der Waals surface area contributed by atoms with Crippen LogP contribution < -0.4 is 36.7 Å². The van der Waals surface area contributed by atoms with E-state index in [1.54, 1.807) is 0 Å². The number of Topliss-reactive ketones (excluding diaryl/α,β-unsaturated/α-hetero) is 3. The number of rotatable bonds is 36. The summed E-state index contributed by atoms with van der Waals surface area (Å²) in [6.07, 6.45) is 24.8. The number of H-pyrrole nitrogens is 3. The molecule has 13 heterocycles. The van der Waals surface area contributed by atoms with E-state index in [0.29, 0.717) is 85.2 Å². The lowest BCUT2D eigenvalue weighted by Gasteiger charge is -2.33. The highest BCUT2D eigenvalue weighted by Gasteiger charge is 2.28. The molecule has 3 amide bonds. The molecule has 3 fully saturated rings. The largest absolute Gasteiger partial charge is 0.354 e. The Morgan fingerprint density at radius 3 is 1.05 bits per heavy atom. The first-order valence-corrected chi connectivity index (χ1v) is 47.2. The third-order valence-electron chi connectivity index (χ3n) is 26.0. The van der Waals surface area contributed by atoms with Crippen LogP contribution >= 0.6 is 0 Å². The number of piperazine rings is 3. The number of carbonyl (C=O) groups is 7. The lowest BCUT2D eigenvalue weighted by Crippen LogP contribution is -2.44. The summed E-state index contributed by atoms with van der Waals surface area (Å²) in [6.45, 7) is 32.9. The van der Waals surface area contributed by atoms with Crippen molar-refractivity contribution < 1.29 is 33.6 Å². The Labute approximate surface area is 782 Å². The maximum atomic E-state index is 14.0. The highest BCUT2D eigenvalue weighted by atomic mass is 16.2. The molecule has 0 spiro atoms. The van der Waals surface area contributed by atoms with Crippen LogP contribution in [0.1, 0.15) is 154 Å². The maximum Gasteiger partial charge on any atom is 0.253 e. The Hall–Kier alpha value is -13.6. The summed E-state index contributed by atoms with van der Waals surface area (Å²) >= 11 is 0. The number of nitrogens with one attached hydrogen (secondary N) is 4. The van der Waals surface area contributed by atoms with Crippen molar-refractivity contribution in [1.29, 1.82) is 0 Å². The van der Waals surface area contributed by atoms with E-state index in [-0.39, 0.29) is 83.3 Å². The number of nitrogens with zero attached hydrogens (tertiary/aromatic N) is 13. The smallest absolute Gasteiger partial charge is 0.253 e. The van der Waals surface area contributed by atoms with Crippen LogP contribution in [0.3, 0.4) is 0 Å². The van der Waals surface area contributed by atoms with Gasteiger partial charge in [-0.3, -0.25) is 52.8 Å². The molecule has 0 bridgehead atoms. The van der Waals surface area contributed by atoms with Gasteiger partial charge in [0.05, 0.1) is 6.54 Å². The molecule has 27 heteroatoms. The predicted octanol–water partition coefficient (Wildman–Crippen LogP) is 14.4. The van der Waals surface area contributed by atoms with Crippen molar-refractivity contribution in [3.8, 4) is 33.4 Å². The van der Waals surface area contributed by atoms with Crippen molar-refractivity contribution >= 4 is 91.0 Å². The van der Waals surface area contributed by atoms with Gasteiger partial charge >= 0.3 is 0 Å². The van der Waals surface area contributed by atoms with E-state index >= 15 is 0 Å². The topological polar surface area (TPSA) is 306 Å². The van der Waals surface area contributed by atoms with Crippen molar-refractivity contribution in [2.45, 2.75) is 151 Å². The second-order valence-electron chi connectivity index (χ2n) is 35.8. The van der Waals surface area contributed by atoms with Gasteiger partial charge in [0.15, 0.2) is 23.1 Å². The van der Waals surface area contributed by atoms with E-state index < -0.39 is 0 Å². The summed E-state index contributed by atoms with van der Waals surface area (Å²) in [5, 5.41) is 5.33. The third-order valence-corrected chi connectivity index (χ3v) is 26.0. The fourth-order valence-electron chi connectivity index (χ4n) is 18.5. The monoisotopic (exact) mass is 1810 g/mol. The van der Waals surface area contributed by atoms with Gasteiger partial charge in [0, 0.05) is 273 Å². The molecule has 3 saturated heterocycles. The van der Waals surface area contributed by atoms with Crippen LogP contribution in [0, 0.1) is 20.8 Å². The number of ketones is 4. The number of aromatic amines is 3. The van der Waals surface area contributed by atoms with Crippen LogP contribution in [0.5, 0.6) is 0 Å². The number of amides is 3. The van der Waals surface area contributed by atoms with Gasteiger partial charge in [0.25, 0.3) is 28.5 Å². The number of likely N-dealkylation sites (N-methyl/N-ethyl adjacent to an activating group) is 3. The molecule has 698 valence electrons. The standard InChI is InChI=1S/C37H42N6O4.C36H44N6O3.C34H39N5O3/c1-4-6-26-21-25(2)39-37(47)29(26)8-9-33(44)31-22-28(27-7-10-34(38-24-27)42-19-17-40(3)18-20-42)23-32-30(31)13-16-41(32)14-5-15-43-35(45)11-12-36(43)46;1-5-8-26-21-25(3)39-36(45)29(26)10-11-33(43)31-22-28(27-9-12-34(38-24-27)42-19-17-40(4)18-20-42)23-32-30(31)13-16-41(32)15-7-14-37-35(44)6-2;1-5-7-24-18-23(3)36-34(42)28(24)9-10-32(41)30-19-26(20-31-29(30)12-13-39(31)22-27(40)6-2)25-8-11-33(35-21-25)38-16-14-37(4)15-17-38/h7,10-13,16,21-24H,4-6,8-9,14-15,17-20H2,1-3H3,(H,39,47);6,9,12-13,16,21-24H,2,5,7-8,10-11,14-15,17-20H2,1,3-4H3,(H,37,44)(H,39,45);6,8,11-13,18-21H,2,5,7,9-10,14-17,22H2,1,3-4H3,(H,36,42). The Bertz CT molecular complexity index is 6520. The molecular formula is C107H125N17O10. The van der Waals surface area contributed by atoms with Crippen molar-refractivity contribution in [3.05, 3.63) is 282 Å². The second-order valence-corrected chi connectivity index (χ2v) is 35.8. The lowest BCUT2D eigenvalue weighted by atomic mass is 9.94. The van der Waals surface area contributed by atoms with Crippen LogP contribution in [-0.4, -0.2) is 217 Å². The van der Waals surface area contributed by atoms with Crippen LogP contribution in [0.25, 0.3) is 66.1 Å². The molecule has 0 radical (unpaired) electrons. The van der Waals surface area contributed by atoms with E-state index in [1.807, 2.05) is 141 Å². The van der Waals surface area contributed by atoms with Crippen molar-refractivity contribution in [1.82, 2.24) is 68.5 Å². The number of hydrogen-bond acceptors (Lipinski definition) is 19. The number of aryl methyl sites for hydroxylation is 8. The minimum Gasteiger partial charge on any atom is -0.354 e. The number of anilines is 3. The minimum absolute atomic E-state index is 0.00212. The molecule has 0 saturated carbocycles. The van der Waals surface area contributed by atoms with Gasteiger partial charge in [-0.1, -0.05) is 53.2 Å². The Balaban J connectivity index is 0.000000162. The van der Waals surface area contributed by atoms with Gasteiger partial charge in [-0.2, -0.15) is 0 Å². The van der Waals surface area contributed by atoms with Crippen LogP contribution in [0.15, 0.2) is 198 Å². The zero-order valence-electron chi connectivity index (χ0n) is 78.9. The van der Waals surface area contributed by atoms with Crippen LogP contribution in [-0.2, 0) is 77.3 Å². The Kier molecular flexibility index (Phi) is 32.2. The fraction of sp³-hybridized carbons (Fsp3) is 0.374. The summed E-state index contributed by atoms with van der Waals surface area (Å²) in [7, 11) is 6.40. The average molecular weight is 1810 g/mol. The molecule has 4 aliphatic rings. The summed E-state index contributed by atoms with van der Waals surface area (Å²) in [4.78, 5) is 166. The number of fused-ring (bicyclic) bond motifs is 3. The number of carbonyl (C=O) groups excluding carboxylic acids is 7. The number of aromatic nitrogens is 9. The second kappa shape index (κ2) is 44.7. The highest BCUT2D eigenvalue weighted by Crippen LogP contribution is 2.36. The van der Waals surface area contributed by atoms with Crippen molar-refractivity contribution in [3.63, 3.8) is 0 Å². The fourth-order valence-corrected chi connectivity index (χ4v) is 18.5. The zero-order valence-corrected chi connectivity index (χ0v) is 78.9. The first-order chi connectivity index (χ1) is 64.7. The SMILES string of the molecule is C=CC(=O)Cn1ccc2c(C(=O)CCc3c(CCC)cc(C)[nH]c3=O)cc(-c3ccc(N4CCN(C)CC4)nc3)cc21.C=CC(=O)NCCCn1ccc2c(C(=O)CCc3c(CCC)cc(C)[nH]c3=O)cc(-c3ccc(N4CCN(C)CC4)nc3)cc21.CCCc1cc(C)[nH]c(=O)c1CCC(=O)c1cc(-c2ccc(N3CCN(C)CC3)nc2)cc2c1ccn2CCCN1C(=O)C=CC1=O. The van der Waals surface area contributed by atoms with E-state index in [9.17, 15) is 47.9 Å². The van der Waals surface area contributed by atoms with Gasteiger partial charge in [-0.05, 0) is 248 Å². The van der Waals surface area contributed by atoms with Crippen LogP contribution in [0.4, 0.5) is 17.5 Å². The lowest BCUT2D eigenvalue weighted by molar-refractivity contribution is -0.137. The molecule has 0 aliphatic carbocycles. The van der Waals surface area contributed by atoms with Crippen molar-refractivity contribution in [2.24, 2.45) is 0 Å². The molecule has 27 nitrogen and oxygen atoms in total. The van der Waals surface area contributed by atoms with Gasteiger partial charge in [0.2, 0.25) is 5.91 Å². The molecule has 4 N–H and O–H groups in total. The number of benzene rings is 3. The molecule has 3 aromatic carbocycles. The molecule has 0 atom stereocenters. The van der Waals surface area contributed by atoms with Gasteiger partial charge < -0.3 is 63.4 Å². The summed E-state index contributed by atoms with van der Waals surface area (Å²) in [5.74, 6) is 1.90. The summed E-state index contributed by atoms with van der Waals surface area (Å²) < 4.78 is 6.06. The highest BCUT2D eigenvalue weighted by molar-refractivity contribution is 6.14. The molecule has 4 aliphatic heterocycles. The summed E-state index contributed by atoms with van der Waals surface area (Å²) in [5.41, 5.74) is 17.1. The average Bonchev–Trinajstić information content (AvgIpc) is 1.61. The Morgan fingerprint density at radius 1 is 0.396 bits per heavy atom. The van der Waals surface area contributed by atoms with Gasteiger partial charge in [0.1, 0.15) is 17.5 Å². The van der Waals surface area contributed by atoms with Gasteiger partial charge in [-0.15, -0.1) is 0 Å². The molecule has 9 aromatic heterocycles. The van der Waals surface area contributed by atoms with E-state index in [0.717, 1.165) is 241 Å². The summed E-state index contributed by atoms with van der Waals surface area (Å²) in [6, 6.07) is 36.3. The van der Waals surface area contributed by atoms with Crippen molar-refractivity contribution in [2.75, 3.05) is 127 Å². The molecule has 0 unspecified atom stereocenters. The normalized spacial score (nSPS) is 14.4. The quantitative estimate of drug-likeness (QED) is 0.0123. The van der Waals surface area contributed by atoms with E-state index in [4.69, 9.17) is 15.0 Å². The van der Waals surface area contributed by atoms with Crippen LogP contribution in [0.2, 0.25) is 0 Å². The number of pyridine rings is 6. The first kappa shape index (κ1) is 96.4.